The Morgan fingerprint density at radius 2 is 2.00 bits per heavy atom. The van der Waals surface area contributed by atoms with Gasteiger partial charge in [0, 0.05) is 12.4 Å². The molecule has 0 aliphatic carbocycles. The van der Waals surface area contributed by atoms with Crippen molar-refractivity contribution in [3.05, 3.63) is 0 Å². The third-order valence-corrected chi connectivity index (χ3v) is 1.57. The molecule has 5 heteroatoms. The van der Waals surface area contributed by atoms with Gasteiger partial charge in [-0.15, -0.1) is 0 Å². The summed E-state index contributed by atoms with van der Waals surface area (Å²) in [5.41, 5.74) is 0. The molecule has 0 N–H and O–H groups in total. The van der Waals surface area contributed by atoms with Gasteiger partial charge in [-0.3, -0.25) is 4.79 Å². The fraction of sp³-hybridized carbons (Fsp3) is 0.750. The van der Waals surface area contributed by atoms with E-state index in [2.05, 4.69) is 4.74 Å². The molecule has 0 amide bonds. The van der Waals surface area contributed by atoms with Gasteiger partial charge in [0.2, 0.25) is 0 Å². The molecule has 0 aromatic rings. The van der Waals surface area contributed by atoms with Gasteiger partial charge in [-0.05, 0) is 6.42 Å². The molecule has 0 aliphatic heterocycles. The average Bonchev–Trinajstić information content (AvgIpc) is 2.02. The molecule has 0 saturated heterocycles. The van der Waals surface area contributed by atoms with Crippen molar-refractivity contribution >= 4 is 11.9 Å². The zero-order chi connectivity index (χ0) is 9.56. The standard InChI is InChI=1S/C8H14O4.Na/c1-3-6(2)8(11)12-5-4-7(9)10;/h6H,3-5H2,1-2H3,(H,9,10);/q;+1/p-1. The van der Waals surface area contributed by atoms with Crippen LogP contribution in [-0.4, -0.2) is 18.5 Å². The van der Waals surface area contributed by atoms with Crippen molar-refractivity contribution in [2.45, 2.75) is 26.7 Å². The van der Waals surface area contributed by atoms with Crippen LogP contribution in [0.4, 0.5) is 0 Å². The van der Waals surface area contributed by atoms with Crippen LogP contribution in [0.5, 0.6) is 0 Å². The summed E-state index contributed by atoms with van der Waals surface area (Å²) in [4.78, 5) is 20.8. The number of carboxylic acid groups (broad SMARTS) is 1. The number of rotatable bonds is 5. The number of esters is 1. The van der Waals surface area contributed by atoms with Crippen molar-refractivity contribution in [3.8, 4) is 0 Å². The SMILES string of the molecule is CCC(C)C(=O)OCCC(=O)[O-].[Na+]. The minimum absolute atomic E-state index is 0. The van der Waals surface area contributed by atoms with Crippen LogP contribution in [0.15, 0.2) is 0 Å². The normalized spacial score (nSPS) is 11.2. The van der Waals surface area contributed by atoms with E-state index in [4.69, 9.17) is 0 Å². The Bertz CT molecular complexity index is 170. The van der Waals surface area contributed by atoms with E-state index in [-0.39, 0.29) is 54.5 Å². The molecular formula is C8H13NaO4. The quantitative estimate of drug-likeness (QED) is 0.341. The van der Waals surface area contributed by atoms with Crippen LogP contribution in [0.3, 0.4) is 0 Å². The third kappa shape index (κ3) is 8.28. The molecule has 0 aliphatic rings. The van der Waals surface area contributed by atoms with Crippen LogP contribution in [0.1, 0.15) is 26.7 Å². The molecule has 0 radical (unpaired) electrons. The van der Waals surface area contributed by atoms with Gasteiger partial charge in [-0.1, -0.05) is 13.8 Å². The molecule has 0 bridgehead atoms. The van der Waals surface area contributed by atoms with E-state index in [0.717, 1.165) is 0 Å². The van der Waals surface area contributed by atoms with E-state index in [0.29, 0.717) is 6.42 Å². The third-order valence-electron chi connectivity index (χ3n) is 1.57. The number of hydrogen-bond acceptors (Lipinski definition) is 4. The van der Waals surface area contributed by atoms with E-state index >= 15 is 0 Å². The second-order valence-electron chi connectivity index (χ2n) is 2.60. The van der Waals surface area contributed by atoms with Crippen molar-refractivity contribution in [1.82, 2.24) is 0 Å². The van der Waals surface area contributed by atoms with Gasteiger partial charge in [0.1, 0.15) is 0 Å². The fourth-order valence-corrected chi connectivity index (χ4v) is 0.544. The summed E-state index contributed by atoms with van der Waals surface area (Å²) in [5, 5.41) is 9.92. The number of carboxylic acids is 1. The zero-order valence-electron chi connectivity index (χ0n) is 8.33. The van der Waals surface area contributed by atoms with Crippen molar-refractivity contribution in [1.29, 1.82) is 0 Å². The summed E-state index contributed by atoms with van der Waals surface area (Å²) in [6.45, 7) is 3.51. The maximum absolute atomic E-state index is 10.9. The molecule has 0 aromatic carbocycles. The van der Waals surface area contributed by atoms with Crippen LogP contribution in [0.2, 0.25) is 0 Å². The Labute approximate surface area is 99.9 Å². The van der Waals surface area contributed by atoms with Crippen LogP contribution < -0.4 is 34.7 Å². The van der Waals surface area contributed by atoms with Crippen molar-refractivity contribution in [3.63, 3.8) is 0 Å². The van der Waals surface area contributed by atoms with Crippen LogP contribution in [0, 0.1) is 5.92 Å². The maximum Gasteiger partial charge on any atom is 1.00 e. The fourth-order valence-electron chi connectivity index (χ4n) is 0.544. The van der Waals surface area contributed by atoms with E-state index in [1.54, 1.807) is 6.92 Å². The first-order valence-electron chi connectivity index (χ1n) is 3.94. The second-order valence-corrected chi connectivity index (χ2v) is 2.60. The smallest absolute Gasteiger partial charge is 0.550 e. The van der Waals surface area contributed by atoms with Crippen molar-refractivity contribution in [2.24, 2.45) is 5.92 Å². The second kappa shape index (κ2) is 8.53. The molecule has 70 valence electrons. The minimum atomic E-state index is -1.20. The van der Waals surface area contributed by atoms with Crippen molar-refractivity contribution < 1.29 is 49.0 Å². The molecule has 1 atom stereocenters. The van der Waals surface area contributed by atoms with Crippen LogP contribution in [-0.2, 0) is 14.3 Å². The molecule has 4 nitrogen and oxygen atoms in total. The molecule has 0 rings (SSSR count). The molecule has 0 spiro atoms. The summed E-state index contributed by atoms with van der Waals surface area (Å²) in [6, 6.07) is 0. The molecule has 13 heavy (non-hydrogen) atoms. The zero-order valence-corrected chi connectivity index (χ0v) is 10.3. The Morgan fingerprint density at radius 1 is 1.46 bits per heavy atom. The summed E-state index contributed by atoms with van der Waals surface area (Å²) in [7, 11) is 0. The van der Waals surface area contributed by atoms with Gasteiger partial charge < -0.3 is 14.6 Å². The number of aliphatic carboxylic acids is 1. The molecule has 0 heterocycles. The average molecular weight is 196 g/mol. The predicted octanol–water partition coefficient (Wildman–Crippen LogP) is -3.28. The summed E-state index contributed by atoms with van der Waals surface area (Å²) >= 11 is 0. The molecule has 1 unspecified atom stereocenters. The Hall–Kier alpha value is -0.0600. The van der Waals surface area contributed by atoms with Gasteiger partial charge in [-0.2, -0.15) is 0 Å². The van der Waals surface area contributed by atoms with Crippen LogP contribution in [0.25, 0.3) is 0 Å². The molecule has 0 saturated carbocycles. The largest absolute Gasteiger partial charge is 1.00 e. The Balaban J connectivity index is 0. The molecule has 0 fully saturated rings. The van der Waals surface area contributed by atoms with Gasteiger partial charge in [-0.25, -0.2) is 0 Å². The topological polar surface area (TPSA) is 66.4 Å². The summed E-state index contributed by atoms with van der Waals surface area (Å²) in [6.07, 6.45) is 0.465. The van der Waals surface area contributed by atoms with Crippen molar-refractivity contribution in [2.75, 3.05) is 6.61 Å². The maximum atomic E-state index is 10.9. The minimum Gasteiger partial charge on any atom is -0.550 e. The number of ether oxygens (including phenoxy) is 1. The first-order chi connectivity index (χ1) is 5.57. The monoisotopic (exact) mass is 196 g/mol. The van der Waals surface area contributed by atoms with Gasteiger partial charge in [0.05, 0.1) is 12.5 Å². The molecular weight excluding hydrogens is 183 g/mol. The van der Waals surface area contributed by atoms with Gasteiger partial charge in [0.15, 0.2) is 0 Å². The van der Waals surface area contributed by atoms with E-state index in [1.807, 2.05) is 6.92 Å². The summed E-state index contributed by atoms with van der Waals surface area (Å²) in [5.74, 6) is -1.71. The first-order valence-corrected chi connectivity index (χ1v) is 3.94. The summed E-state index contributed by atoms with van der Waals surface area (Å²) < 4.78 is 4.65. The number of hydrogen-bond donors (Lipinski definition) is 0. The number of carbonyl (C=O) groups excluding carboxylic acids is 2. The van der Waals surface area contributed by atoms with E-state index in [9.17, 15) is 14.7 Å². The first kappa shape index (κ1) is 15.4. The predicted molar refractivity (Wildman–Crippen MR) is 40.0 cm³/mol. The van der Waals surface area contributed by atoms with E-state index < -0.39 is 5.97 Å². The van der Waals surface area contributed by atoms with E-state index in [1.165, 1.54) is 0 Å². The number of carbonyl (C=O) groups is 2. The molecule has 0 aromatic heterocycles. The van der Waals surface area contributed by atoms with Gasteiger partial charge >= 0.3 is 35.5 Å². The van der Waals surface area contributed by atoms with Crippen LogP contribution >= 0.6 is 0 Å². The van der Waals surface area contributed by atoms with Gasteiger partial charge in [0.25, 0.3) is 0 Å². The Kier molecular flexibility index (Phi) is 10.1. The Morgan fingerprint density at radius 3 is 2.38 bits per heavy atom.